The van der Waals surface area contributed by atoms with E-state index in [2.05, 4.69) is 60.6 Å². The SMILES string of the molecule is Cc1ccc2c(c1)C1CN(C)CCC1N2C(=O)Nc1cccc2ccccc12. The molecular formula is C24H25N3O. The summed E-state index contributed by atoms with van der Waals surface area (Å²) in [5.74, 6) is 0.381. The zero-order chi connectivity index (χ0) is 19.3. The Balaban J connectivity index is 1.52. The van der Waals surface area contributed by atoms with E-state index in [4.69, 9.17) is 0 Å². The summed E-state index contributed by atoms with van der Waals surface area (Å²) in [7, 11) is 2.17. The Labute approximate surface area is 165 Å². The Morgan fingerprint density at radius 3 is 2.79 bits per heavy atom. The van der Waals surface area contributed by atoms with Gasteiger partial charge in [-0.25, -0.2) is 4.79 Å². The van der Waals surface area contributed by atoms with Crippen LogP contribution in [0.1, 0.15) is 23.5 Å². The molecule has 4 heteroatoms. The third-order valence-corrected chi connectivity index (χ3v) is 6.20. The molecule has 0 spiro atoms. The quantitative estimate of drug-likeness (QED) is 0.654. The Kier molecular flexibility index (Phi) is 4.09. The van der Waals surface area contributed by atoms with E-state index in [9.17, 15) is 4.79 Å². The second kappa shape index (κ2) is 6.64. The van der Waals surface area contributed by atoms with Gasteiger partial charge in [0.1, 0.15) is 0 Å². The largest absolute Gasteiger partial charge is 0.326 e. The summed E-state index contributed by atoms with van der Waals surface area (Å²) < 4.78 is 0. The number of hydrogen-bond acceptors (Lipinski definition) is 2. The Morgan fingerprint density at radius 1 is 1.07 bits per heavy atom. The van der Waals surface area contributed by atoms with Gasteiger partial charge in [-0.2, -0.15) is 0 Å². The minimum atomic E-state index is -0.0292. The number of fused-ring (bicyclic) bond motifs is 4. The van der Waals surface area contributed by atoms with Gasteiger partial charge in [0.2, 0.25) is 0 Å². The highest BCUT2D eigenvalue weighted by molar-refractivity contribution is 6.08. The van der Waals surface area contributed by atoms with Crippen LogP contribution in [0.3, 0.4) is 0 Å². The number of benzene rings is 3. The minimum absolute atomic E-state index is 0.0292. The second-order valence-electron chi connectivity index (χ2n) is 8.11. The number of carbonyl (C=O) groups is 1. The van der Waals surface area contributed by atoms with E-state index >= 15 is 0 Å². The predicted molar refractivity (Wildman–Crippen MR) is 115 cm³/mol. The van der Waals surface area contributed by atoms with Crippen molar-refractivity contribution < 1.29 is 4.79 Å². The molecule has 2 aliphatic heterocycles. The first-order valence-electron chi connectivity index (χ1n) is 9.99. The molecule has 1 saturated heterocycles. The van der Waals surface area contributed by atoms with Crippen LogP contribution < -0.4 is 10.2 Å². The molecule has 0 saturated carbocycles. The highest BCUT2D eigenvalue weighted by Crippen LogP contribution is 2.45. The van der Waals surface area contributed by atoms with Gasteiger partial charge in [0.25, 0.3) is 0 Å². The lowest BCUT2D eigenvalue weighted by molar-refractivity contribution is 0.224. The molecule has 3 aromatic rings. The molecule has 0 aromatic heterocycles. The summed E-state index contributed by atoms with van der Waals surface area (Å²) >= 11 is 0. The van der Waals surface area contributed by atoms with Gasteiger partial charge in [-0.1, -0.05) is 54.1 Å². The third-order valence-electron chi connectivity index (χ3n) is 6.20. The molecule has 3 aromatic carbocycles. The summed E-state index contributed by atoms with van der Waals surface area (Å²) in [6.45, 7) is 4.14. The van der Waals surface area contributed by atoms with Crippen LogP contribution in [-0.2, 0) is 0 Å². The standard InChI is InChI=1S/C24H25N3O/c1-16-10-11-22-19(14-16)20-15-26(2)13-12-23(20)27(22)24(28)25-21-9-5-7-17-6-3-4-8-18(17)21/h3-11,14,20,23H,12-13,15H2,1-2H3,(H,25,28). The molecule has 5 rings (SSSR count). The Bertz CT molecular complexity index is 1060. The molecule has 28 heavy (non-hydrogen) atoms. The van der Waals surface area contributed by atoms with E-state index in [0.29, 0.717) is 5.92 Å². The lowest BCUT2D eigenvalue weighted by Gasteiger charge is -2.36. The van der Waals surface area contributed by atoms with E-state index in [1.807, 2.05) is 29.2 Å². The predicted octanol–water partition coefficient (Wildman–Crippen LogP) is 4.99. The fourth-order valence-corrected chi connectivity index (χ4v) is 4.86. The fourth-order valence-electron chi connectivity index (χ4n) is 4.86. The van der Waals surface area contributed by atoms with Gasteiger partial charge in [0, 0.05) is 29.6 Å². The van der Waals surface area contributed by atoms with Gasteiger partial charge in [-0.15, -0.1) is 0 Å². The highest BCUT2D eigenvalue weighted by atomic mass is 16.2. The van der Waals surface area contributed by atoms with E-state index < -0.39 is 0 Å². The first-order chi connectivity index (χ1) is 13.6. The van der Waals surface area contributed by atoms with Gasteiger partial charge in [-0.3, -0.25) is 4.90 Å². The maximum atomic E-state index is 13.4. The van der Waals surface area contributed by atoms with Crippen molar-refractivity contribution in [2.75, 3.05) is 30.4 Å². The van der Waals surface area contributed by atoms with Crippen LogP contribution in [0.15, 0.2) is 60.7 Å². The van der Waals surface area contributed by atoms with E-state index in [-0.39, 0.29) is 12.1 Å². The number of amides is 2. The zero-order valence-electron chi connectivity index (χ0n) is 16.4. The van der Waals surface area contributed by atoms with Gasteiger partial charge in [0.05, 0.1) is 5.69 Å². The summed E-state index contributed by atoms with van der Waals surface area (Å²) in [5.41, 5.74) is 4.49. The van der Waals surface area contributed by atoms with Gasteiger partial charge < -0.3 is 10.2 Å². The Morgan fingerprint density at radius 2 is 1.89 bits per heavy atom. The first-order valence-corrected chi connectivity index (χ1v) is 9.99. The third kappa shape index (κ3) is 2.76. The number of likely N-dealkylation sites (N-methyl/N-ethyl adjacent to an activating group) is 1. The number of aryl methyl sites for hydroxylation is 1. The molecular weight excluding hydrogens is 346 g/mol. The number of hydrogen-bond donors (Lipinski definition) is 1. The molecule has 0 aliphatic carbocycles. The van der Waals surface area contributed by atoms with Crippen LogP contribution in [0.5, 0.6) is 0 Å². The van der Waals surface area contributed by atoms with Crippen molar-refractivity contribution in [2.45, 2.75) is 25.3 Å². The lowest BCUT2D eigenvalue weighted by atomic mass is 9.89. The number of nitrogens with zero attached hydrogens (tertiary/aromatic N) is 2. The highest BCUT2D eigenvalue weighted by Gasteiger charge is 2.44. The number of piperidine rings is 1. The van der Waals surface area contributed by atoms with Crippen LogP contribution in [0.25, 0.3) is 10.8 Å². The van der Waals surface area contributed by atoms with Gasteiger partial charge >= 0.3 is 6.03 Å². The zero-order valence-corrected chi connectivity index (χ0v) is 16.4. The average molecular weight is 371 g/mol. The maximum absolute atomic E-state index is 13.4. The van der Waals surface area contributed by atoms with Crippen molar-refractivity contribution in [1.82, 2.24) is 4.90 Å². The minimum Gasteiger partial charge on any atom is -0.307 e. The molecule has 142 valence electrons. The summed E-state index contributed by atoms with van der Waals surface area (Å²) in [6, 6.07) is 20.9. The molecule has 2 heterocycles. The molecule has 0 radical (unpaired) electrons. The van der Waals surface area contributed by atoms with E-state index in [0.717, 1.165) is 41.7 Å². The average Bonchev–Trinajstić information content (AvgIpc) is 3.01. The number of rotatable bonds is 1. The van der Waals surface area contributed by atoms with Crippen LogP contribution in [0.4, 0.5) is 16.2 Å². The van der Waals surface area contributed by atoms with Crippen LogP contribution >= 0.6 is 0 Å². The number of likely N-dealkylation sites (tertiary alicyclic amines) is 1. The molecule has 2 unspecified atom stereocenters. The fraction of sp³-hybridized carbons (Fsp3) is 0.292. The van der Waals surface area contributed by atoms with Gasteiger partial charge in [0.15, 0.2) is 0 Å². The molecule has 1 fully saturated rings. The van der Waals surface area contributed by atoms with Crippen molar-refractivity contribution in [3.05, 3.63) is 71.8 Å². The van der Waals surface area contributed by atoms with E-state index in [1.54, 1.807) is 0 Å². The second-order valence-corrected chi connectivity index (χ2v) is 8.11. The normalized spacial score (nSPS) is 21.4. The molecule has 2 atom stereocenters. The van der Waals surface area contributed by atoms with Crippen LogP contribution in [0.2, 0.25) is 0 Å². The number of carbonyl (C=O) groups excluding carboxylic acids is 1. The smallest absolute Gasteiger partial charge is 0.307 e. The van der Waals surface area contributed by atoms with Crippen molar-refractivity contribution in [2.24, 2.45) is 0 Å². The monoisotopic (exact) mass is 371 g/mol. The summed E-state index contributed by atoms with van der Waals surface area (Å²) in [5, 5.41) is 5.41. The van der Waals surface area contributed by atoms with E-state index in [1.165, 1.54) is 11.1 Å². The molecule has 2 amide bonds. The first kappa shape index (κ1) is 17.3. The van der Waals surface area contributed by atoms with Crippen molar-refractivity contribution in [1.29, 1.82) is 0 Å². The lowest BCUT2D eigenvalue weighted by Crippen LogP contribution is -2.48. The molecule has 0 bridgehead atoms. The van der Waals surface area contributed by atoms with Crippen LogP contribution in [-0.4, -0.2) is 37.1 Å². The van der Waals surface area contributed by atoms with Crippen LogP contribution in [0, 0.1) is 6.92 Å². The molecule has 2 aliphatic rings. The summed E-state index contributed by atoms with van der Waals surface area (Å²) in [4.78, 5) is 17.8. The summed E-state index contributed by atoms with van der Waals surface area (Å²) in [6.07, 6.45) is 0.998. The molecule has 4 nitrogen and oxygen atoms in total. The number of urea groups is 1. The van der Waals surface area contributed by atoms with Crippen molar-refractivity contribution in [3.63, 3.8) is 0 Å². The Hall–Kier alpha value is -2.85. The van der Waals surface area contributed by atoms with Gasteiger partial charge in [-0.05, 0) is 50.0 Å². The maximum Gasteiger partial charge on any atom is 0.326 e. The topological polar surface area (TPSA) is 35.6 Å². The number of nitrogens with one attached hydrogen (secondary N) is 1. The molecule has 1 N–H and O–H groups in total. The van der Waals surface area contributed by atoms with Crippen molar-refractivity contribution >= 4 is 28.2 Å². The van der Waals surface area contributed by atoms with Crippen molar-refractivity contribution in [3.8, 4) is 0 Å². The number of anilines is 2.